The Morgan fingerprint density at radius 1 is 1.29 bits per heavy atom. The lowest BCUT2D eigenvalue weighted by Crippen LogP contribution is -2.22. The summed E-state index contributed by atoms with van der Waals surface area (Å²) in [6, 6.07) is 8.69. The molecule has 21 heavy (non-hydrogen) atoms. The molecule has 0 fully saturated rings. The van der Waals surface area contributed by atoms with Crippen molar-refractivity contribution in [1.29, 1.82) is 0 Å². The molecule has 0 atom stereocenters. The minimum absolute atomic E-state index is 0.0929. The molecule has 1 N–H and O–H groups in total. The number of thiazole rings is 1. The second kappa shape index (κ2) is 6.16. The van der Waals surface area contributed by atoms with Crippen LogP contribution in [0.25, 0.3) is 0 Å². The molecule has 1 aromatic heterocycles. The first-order valence-corrected chi connectivity index (χ1v) is 8.43. The smallest absolute Gasteiger partial charge is 0.186 e. The van der Waals surface area contributed by atoms with Gasteiger partial charge in [-0.1, -0.05) is 49.4 Å². The maximum Gasteiger partial charge on any atom is 0.186 e. The van der Waals surface area contributed by atoms with Gasteiger partial charge in [0.2, 0.25) is 0 Å². The number of nitrogens with zero attached hydrogens (tertiary/aromatic N) is 2. The Labute approximate surface area is 130 Å². The normalized spacial score (nSPS) is 15.1. The molecule has 0 amide bonds. The molecule has 0 unspecified atom stereocenters. The van der Waals surface area contributed by atoms with E-state index in [0.29, 0.717) is 5.92 Å². The Bertz CT molecular complexity index is 621. The lowest BCUT2D eigenvalue weighted by atomic mass is 10.0. The summed E-state index contributed by atoms with van der Waals surface area (Å²) in [7, 11) is 0. The highest BCUT2D eigenvalue weighted by molar-refractivity contribution is 7.15. The van der Waals surface area contributed by atoms with Crippen LogP contribution in [0.5, 0.6) is 0 Å². The molecule has 0 saturated heterocycles. The average Bonchev–Trinajstić information content (AvgIpc) is 2.81. The summed E-state index contributed by atoms with van der Waals surface area (Å²) < 4.78 is 0. The summed E-state index contributed by atoms with van der Waals surface area (Å²) in [5.41, 5.74) is 3.92. The third-order valence-electron chi connectivity index (χ3n) is 4.03. The summed E-state index contributed by atoms with van der Waals surface area (Å²) in [6.07, 6.45) is 2.30. The van der Waals surface area contributed by atoms with E-state index in [9.17, 15) is 5.11 Å². The second-order valence-electron chi connectivity index (χ2n) is 5.91. The number of hydrogen-bond donors (Lipinski definition) is 1. The van der Waals surface area contributed by atoms with Crippen molar-refractivity contribution >= 4 is 16.5 Å². The van der Waals surface area contributed by atoms with E-state index in [1.54, 1.807) is 11.3 Å². The quantitative estimate of drug-likeness (QED) is 0.939. The molecule has 3 nitrogen and oxygen atoms in total. The number of aromatic nitrogens is 1. The van der Waals surface area contributed by atoms with Gasteiger partial charge in [0.05, 0.1) is 17.2 Å². The molecule has 2 aromatic rings. The van der Waals surface area contributed by atoms with Crippen LogP contribution in [0.1, 0.15) is 47.9 Å². The maximum atomic E-state index is 9.54. The number of anilines is 1. The fraction of sp³-hybridized carbons (Fsp3) is 0.471. The van der Waals surface area contributed by atoms with Crippen LogP contribution in [0.2, 0.25) is 0 Å². The molecule has 0 aliphatic carbocycles. The molecular formula is C17H22N2OS. The molecule has 112 valence electrons. The maximum absolute atomic E-state index is 9.54. The molecule has 2 heterocycles. The van der Waals surface area contributed by atoms with Crippen molar-refractivity contribution in [1.82, 2.24) is 4.98 Å². The average molecular weight is 302 g/mol. The van der Waals surface area contributed by atoms with Gasteiger partial charge in [0.1, 0.15) is 0 Å². The molecule has 0 saturated carbocycles. The van der Waals surface area contributed by atoms with Crippen molar-refractivity contribution in [3.63, 3.8) is 0 Å². The number of aliphatic hydroxyl groups excluding tert-OH is 1. The largest absolute Gasteiger partial charge is 0.391 e. The van der Waals surface area contributed by atoms with Gasteiger partial charge in [0, 0.05) is 13.1 Å². The molecule has 3 rings (SSSR count). The Balaban J connectivity index is 1.90. The number of hydrogen-bond acceptors (Lipinski definition) is 4. The minimum Gasteiger partial charge on any atom is -0.391 e. The van der Waals surface area contributed by atoms with Crippen LogP contribution >= 0.6 is 11.3 Å². The van der Waals surface area contributed by atoms with Crippen LogP contribution < -0.4 is 4.90 Å². The van der Waals surface area contributed by atoms with Crippen molar-refractivity contribution in [2.45, 2.75) is 45.8 Å². The molecule has 0 spiro atoms. The third kappa shape index (κ3) is 2.97. The number of rotatable bonds is 3. The van der Waals surface area contributed by atoms with Crippen molar-refractivity contribution in [2.24, 2.45) is 0 Å². The number of benzene rings is 1. The van der Waals surface area contributed by atoms with Crippen LogP contribution in [0.4, 0.5) is 5.13 Å². The number of aliphatic hydroxyl groups is 1. The van der Waals surface area contributed by atoms with E-state index in [2.05, 4.69) is 43.0 Å². The van der Waals surface area contributed by atoms with E-state index in [0.717, 1.165) is 41.6 Å². The number of fused-ring (bicyclic) bond motifs is 1. The van der Waals surface area contributed by atoms with Gasteiger partial charge in [0.25, 0.3) is 0 Å². The first-order chi connectivity index (χ1) is 10.2. The van der Waals surface area contributed by atoms with Crippen molar-refractivity contribution in [3.8, 4) is 0 Å². The van der Waals surface area contributed by atoms with Gasteiger partial charge in [-0.3, -0.25) is 0 Å². The summed E-state index contributed by atoms with van der Waals surface area (Å²) in [5, 5.41) is 10.6. The Hall–Kier alpha value is -1.39. The van der Waals surface area contributed by atoms with E-state index in [1.165, 1.54) is 11.1 Å². The Morgan fingerprint density at radius 2 is 2.05 bits per heavy atom. The molecule has 1 aliphatic heterocycles. The van der Waals surface area contributed by atoms with E-state index in [1.807, 2.05) is 0 Å². The monoisotopic (exact) mass is 302 g/mol. The zero-order valence-corrected chi connectivity index (χ0v) is 13.5. The van der Waals surface area contributed by atoms with E-state index >= 15 is 0 Å². The minimum atomic E-state index is 0.0929. The van der Waals surface area contributed by atoms with Crippen LogP contribution in [0.15, 0.2) is 24.3 Å². The highest BCUT2D eigenvalue weighted by Gasteiger charge is 2.20. The van der Waals surface area contributed by atoms with Gasteiger partial charge in [-0.15, -0.1) is 0 Å². The predicted octanol–water partition coefficient (Wildman–Crippen LogP) is 3.71. The standard InChI is InChI=1S/C17H22N2OS/c1-12(2)16-15(11-20)21-17(18-16)19-9-5-8-13-6-3-4-7-14(13)10-19/h3-4,6-7,12,20H,5,8-11H2,1-2H3. The highest BCUT2D eigenvalue weighted by Crippen LogP contribution is 2.33. The molecule has 4 heteroatoms. The lowest BCUT2D eigenvalue weighted by molar-refractivity contribution is 0.283. The first kappa shape index (κ1) is 14.5. The highest BCUT2D eigenvalue weighted by atomic mass is 32.1. The zero-order chi connectivity index (χ0) is 14.8. The molecule has 0 bridgehead atoms. The molecule has 1 aliphatic rings. The second-order valence-corrected chi connectivity index (χ2v) is 6.97. The van der Waals surface area contributed by atoms with Gasteiger partial charge in [-0.05, 0) is 29.9 Å². The van der Waals surface area contributed by atoms with E-state index in [-0.39, 0.29) is 6.61 Å². The fourth-order valence-electron chi connectivity index (χ4n) is 2.91. The van der Waals surface area contributed by atoms with Crippen molar-refractivity contribution in [3.05, 3.63) is 46.0 Å². The van der Waals surface area contributed by atoms with E-state index < -0.39 is 0 Å². The van der Waals surface area contributed by atoms with Gasteiger partial charge in [-0.25, -0.2) is 4.98 Å². The third-order valence-corrected chi connectivity index (χ3v) is 5.15. The molecule has 0 radical (unpaired) electrons. The summed E-state index contributed by atoms with van der Waals surface area (Å²) in [6.45, 7) is 6.32. The summed E-state index contributed by atoms with van der Waals surface area (Å²) in [5.74, 6) is 0.358. The van der Waals surface area contributed by atoms with Crippen LogP contribution in [0.3, 0.4) is 0 Å². The van der Waals surface area contributed by atoms with Crippen molar-refractivity contribution < 1.29 is 5.11 Å². The van der Waals surface area contributed by atoms with Gasteiger partial charge in [-0.2, -0.15) is 0 Å². The summed E-state index contributed by atoms with van der Waals surface area (Å²) >= 11 is 1.64. The number of aryl methyl sites for hydroxylation is 1. The van der Waals surface area contributed by atoms with Crippen LogP contribution in [-0.4, -0.2) is 16.6 Å². The first-order valence-electron chi connectivity index (χ1n) is 7.61. The van der Waals surface area contributed by atoms with Gasteiger partial charge < -0.3 is 10.0 Å². The SMILES string of the molecule is CC(C)c1nc(N2CCCc3ccccc3C2)sc1CO. The van der Waals surface area contributed by atoms with Gasteiger partial charge >= 0.3 is 0 Å². The van der Waals surface area contributed by atoms with E-state index in [4.69, 9.17) is 4.98 Å². The van der Waals surface area contributed by atoms with Crippen LogP contribution in [-0.2, 0) is 19.6 Å². The van der Waals surface area contributed by atoms with Gasteiger partial charge in [0.15, 0.2) is 5.13 Å². The predicted molar refractivity (Wildman–Crippen MR) is 87.9 cm³/mol. The van der Waals surface area contributed by atoms with Crippen LogP contribution in [0, 0.1) is 0 Å². The summed E-state index contributed by atoms with van der Waals surface area (Å²) in [4.78, 5) is 8.18. The Morgan fingerprint density at radius 3 is 2.71 bits per heavy atom. The topological polar surface area (TPSA) is 36.4 Å². The van der Waals surface area contributed by atoms with Crippen molar-refractivity contribution in [2.75, 3.05) is 11.4 Å². The molecular weight excluding hydrogens is 280 g/mol. The molecule has 1 aromatic carbocycles. The fourth-order valence-corrected chi connectivity index (χ4v) is 4.01. The Kier molecular flexibility index (Phi) is 4.27. The zero-order valence-electron chi connectivity index (χ0n) is 12.7. The lowest BCUT2D eigenvalue weighted by Gasteiger charge is -2.19.